The molecule has 5 heterocycles. The minimum atomic E-state index is 0.223. The van der Waals surface area contributed by atoms with E-state index < -0.39 is 0 Å². The highest BCUT2D eigenvalue weighted by Crippen LogP contribution is 2.64. The molecule has 3 nitrogen and oxygen atoms in total. The summed E-state index contributed by atoms with van der Waals surface area (Å²) in [5, 5.41) is 2.43. The predicted octanol–water partition coefficient (Wildman–Crippen LogP) is 6.67. The van der Waals surface area contributed by atoms with Crippen molar-refractivity contribution >= 4 is 22.1 Å². The number of rotatable bonds is 1. The summed E-state index contributed by atoms with van der Waals surface area (Å²) in [5.41, 5.74) is 6.60. The van der Waals surface area contributed by atoms with Crippen LogP contribution in [0.2, 0.25) is 0 Å². The Morgan fingerprint density at radius 2 is 1.81 bits per heavy atom. The average Bonchev–Trinajstić information content (AvgIpc) is 3.12. The maximum absolute atomic E-state index is 6.59. The number of piperidine rings is 3. The van der Waals surface area contributed by atoms with Crippen LogP contribution in [0.15, 0.2) is 28.7 Å². The zero-order valence-corrected chi connectivity index (χ0v) is 19.2. The number of hydrogen-bond donors (Lipinski definition) is 0. The maximum atomic E-state index is 6.59. The zero-order chi connectivity index (χ0) is 21.0. The molecule has 2 saturated carbocycles. The van der Waals surface area contributed by atoms with Crippen LogP contribution >= 0.6 is 0 Å². The second-order valence-corrected chi connectivity index (χ2v) is 11.4. The van der Waals surface area contributed by atoms with Crippen LogP contribution < -0.4 is 0 Å². The van der Waals surface area contributed by atoms with E-state index in [0.717, 1.165) is 28.8 Å². The van der Waals surface area contributed by atoms with Crippen LogP contribution in [-0.4, -0.2) is 28.0 Å². The fourth-order valence-corrected chi connectivity index (χ4v) is 8.84. The Morgan fingerprint density at radius 1 is 1.00 bits per heavy atom. The molecule has 0 N–H and O–H groups in total. The monoisotopic (exact) mass is 414 g/mol. The van der Waals surface area contributed by atoms with E-state index in [9.17, 15) is 0 Å². The normalized spacial score (nSPS) is 36.1. The molecule has 1 spiro atoms. The molecular weight excluding hydrogens is 380 g/mol. The first kappa shape index (κ1) is 18.7. The zero-order valence-electron chi connectivity index (χ0n) is 19.2. The standard InChI is InChI=1S/C28H34N2O/c1-17-7-9-22-23-10-8-18(2)29-26(23)31-25(22)24(17)27-14-20-13-21(15-27)28(11-5-4-6-12-28)30(16-20)19(27)3/h7-10,19-21H,4-6,11-16H2,1-3H3/t19-,20?,21?,27?/m1/s1. The Kier molecular flexibility index (Phi) is 3.69. The van der Waals surface area contributed by atoms with Crippen molar-refractivity contribution in [1.29, 1.82) is 0 Å². The van der Waals surface area contributed by atoms with Gasteiger partial charge in [0, 0.05) is 45.6 Å². The summed E-state index contributed by atoms with van der Waals surface area (Å²) in [7, 11) is 0. The Bertz CT molecular complexity index is 1200. The van der Waals surface area contributed by atoms with E-state index >= 15 is 0 Å². The van der Waals surface area contributed by atoms with Crippen LogP contribution in [-0.2, 0) is 5.41 Å². The summed E-state index contributed by atoms with van der Waals surface area (Å²) in [4.78, 5) is 7.76. The average molecular weight is 415 g/mol. The molecule has 3 heteroatoms. The third-order valence-corrected chi connectivity index (χ3v) is 10.0. The van der Waals surface area contributed by atoms with E-state index in [2.05, 4.69) is 49.9 Å². The van der Waals surface area contributed by atoms with Gasteiger partial charge in [0.1, 0.15) is 5.58 Å². The van der Waals surface area contributed by atoms with Crippen LogP contribution in [0, 0.1) is 25.7 Å². The van der Waals surface area contributed by atoms with Gasteiger partial charge in [0.15, 0.2) is 0 Å². The molecule has 162 valence electrons. The Labute approximate surface area is 185 Å². The van der Waals surface area contributed by atoms with Gasteiger partial charge in [0.25, 0.3) is 0 Å². The van der Waals surface area contributed by atoms with Crippen molar-refractivity contribution in [3.8, 4) is 0 Å². The van der Waals surface area contributed by atoms with Gasteiger partial charge in [-0.2, -0.15) is 0 Å². The lowest BCUT2D eigenvalue weighted by Crippen LogP contribution is -2.75. The summed E-state index contributed by atoms with van der Waals surface area (Å²) < 4.78 is 6.59. The molecule has 8 rings (SSSR count). The van der Waals surface area contributed by atoms with E-state index in [-0.39, 0.29) is 5.41 Å². The molecule has 4 unspecified atom stereocenters. The molecule has 3 aromatic rings. The first-order chi connectivity index (χ1) is 15.0. The maximum Gasteiger partial charge on any atom is 0.227 e. The molecule has 3 saturated heterocycles. The van der Waals surface area contributed by atoms with Crippen molar-refractivity contribution in [1.82, 2.24) is 9.88 Å². The largest absolute Gasteiger partial charge is 0.437 e. The van der Waals surface area contributed by atoms with Crippen LogP contribution in [0.4, 0.5) is 0 Å². The van der Waals surface area contributed by atoms with Gasteiger partial charge in [-0.25, -0.2) is 4.98 Å². The molecule has 4 bridgehead atoms. The van der Waals surface area contributed by atoms with Crippen molar-refractivity contribution in [3.63, 3.8) is 0 Å². The number of nitrogens with zero attached hydrogens (tertiary/aromatic N) is 2. The topological polar surface area (TPSA) is 29.3 Å². The summed E-state index contributed by atoms with van der Waals surface area (Å²) >= 11 is 0. The molecule has 5 fully saturated rings. The summed E-state index contributed by atoms with van der Waals surface area (Å²) in [6, 6.07) is 9.52. The Balaban J connectivity index is 1.45. The van der Waals surface area contributed by atoms with Gasteiger partial charge < -0.3 is 4.42 Å². The SMILES string of the molecule is Cc1ccc2c(n1)oc1c(C34CC5CC(C3)C3(CCCCC3)N(C5)[C@@H]4C)c(C)ccc12. The van der Waals surface area contributed by atoms with E-state index in [4.69, 9.17) is 9.40 Å². The molecule has 5 aliphatic rings. The molecule has 31 heavy (non-hydrogen) atoms. The number of benzene rings is 1. The fourth-order valence-electron chi connectivity index (χ4n) is 8.84. The number of pyridine rings is 1. The van der Waals surface area contributed by atoms with Crippen molar-refractivity contribution in [2.24, 2.45) is 11.8 Å². The number of hydrogen-bond acceptors (Lipinski definition) is 3. The second kappa shape index (κ2) is 6.13. The molecule has 2 aromatic heterocycles. The molecule has 3 aliphatic heterocycles. The molecule has 2 aliphatic carbocycles. The summed E-state index contributed by atoms with van der Waals surface area (Å²) in [6.07, 6.45) is 11.3. The third kappa shape index (κ3) is 2.26. The summed E-state index contributed by atoms with van der Waals surface area (Å²) in [5.74, 6) is 1.71. The highest BCUT2D eigenvalue weighted by atomic mass is 16.3. The van der Waals surface area contributed by atoms with E-state index in [1.54, 1.807) is 0 Å². The number of aromatic nitrogens is 1. The van der Waals surface area contributed by atoms with E-state index in [0.29, 0.717) is 11.6 Å². The molecule has 0 radical (unpaired) electrons. The van der Waals surface area contributed by atoms with Gasteiger partial charge in [0.05, 0.1) is 0 Å². The highest BCUT2D eigenvalue weighted by Gasteiger charge is 2.65. The van der Waals surface area contributed by atoms with Crippen LogP contribution in [0.25, 0.3) is 22.1 Å². The Hall–Kier alpha value is -1.87. The predicted molar refractivity (Wildman–Crippen MR) is 125 cm³/mol. The lowest BCUT2D eigenvalue weighted by molar-refractivity contribution is -0.182. The highest BCUT2D eigenvalue weighted by molar-refractivity contribution is 6.05. The lowest BCUT2D eigenvalue weighted by atomic mass is 9.46. The van der Waals surface area contributed by atoms with Gasteiger partial charge in [0.2, 0.25) is 5.71 Å². The lowest BCUT2D eigenvalue weighted by Gasteiger charge is -2.71. The molecule has 1 aromatic carbocycles. The van der Waals surface area contributed by atoms with Gasteiger partial charge in [-0.05, 0) is 82.4 Å². The van der Waals surface area contributed by atoms with Gasteiger partial charge >= 0.3 is 0 Å². The summed E-state index contributed by atoms with van der Waals surface area (Å²) in [6.45, 7) is 8.25. The number of fused-ring (bicyclic) bond motifs is 3. The smallest absolute Gasteiger partial charge is 0.227 e. The first-order valence-electron chi connectivity index (χ1n) is 12.6. The van der Waals surface area contributed by atoms with Gasteiger partial charge in [-0.1, -0.05) is 31.4 Å². The van der Waals surface area contributed by atoms with Gasteiger partial charge in [-0.15, -0.1) is 0 Å². The van der Waals surface area contributed by atoms with Crippen LogP contribution in [0.1, 0.15) is 75.1 Å². The third-order valence-electron chi connectivity index (χ3n) is 10.0. The number of furan rings is 1. The van der Waals surface area contributed by atoms with Crippen molar-refractivity contribution in [3.05, 3.63) is 41.1 Å². The second-order valence-electron chi connectivity index (χ2n) is 11.4. The van der Waals surface area contributed by atoms with Crippen LogP contribution in [0.5, 0.6) is 0 Å². The minimum absolute atomic E-state index is 0.223. The minimum Gasteiger partial charge on any atom is -0.437 e. The first-order valence-corrected chi connectivity index (χ1v) is 12.6. The van der Waals surface area contributed by atoms with Gasteiger partial charge in [-0.3, -0.25) is 4.90 Å². The quantitative estimate of drug-likeness (QED) is 0.445. The fraction of sp³-hybridized carbons (Fsp3) is 0.607. The molecule has 5 atom stereocenters. The Morgan fingerprint density at radius 3 is 2.65 bits per heavy atom. The van der Waals surface area contributed by atoms with E-state index in [1.807, 2.05) is 0 Å². The number of aryl methyl sites for hydroxylation is 2. The van der Waals surface area contributed by atoms with Crippen molar-refractivity contribution in [2.75, 3.05) is 6.54 Å². The molecular formula is C28H34N2O. The van der Waals surface area contributed by atoms with Crippen LogP contribution in [0.3, 0.4) is 0 Å². The van der Waals surface area contributed by atoms with E-state index in [1.165, 1.54) is 79.8 Å². The molecule has 0 amide bonds. The van der Waals surface area contributed by atoms with Crippen molar-refractivity contribution < 1.29 is 4.42 Å². The van der Waals surface area contributed by atoms with Crippen molar-refractivity contribution in [2.45, 2.75) is 89.1 Å².